The number of carbonyl (C=O) groups excluding carboxylic acids is 2. The average molecular weight is 642 g/mol. The van der Waals surface area contributed by atoms with Crippen molar-refractivity contribution in [3.8, 4) is 0 Å². The number of aliphatic carboxylic acids is 1. The molecule has 1 saturated carbocycles. The number of anilines is 1. The van der Waals surface area contributed by atoms with E-state index < -0.39 is 41.3 Å². The summed E-state index contributed by atoms with van der Waals surface area (Å²) in [7, 11) is 0. The van der Waals surface area contributed by atoms with Crippen molar-refractivity contribution in [2.75, 3.05) is 11.9 Å². The highest BCUT2D eigenvalue weighted by Crippen LogP contribution is 2.40. The lowest BCUT2D eigenvalue weighted by molar-refractivity contribution is -0.137. The van der Waals surface area contributed by atoms with Gasteiger partial charge in [0.1, 0.15) is 5.82 Å². The summed E-state index contributed by atoms with van der Waals surface area (Å²) >= 11 is 0.630. The summed E-state index contributed by atoms with van der Waals surface area (Å²) in [5.41, 5.74) is 1.59. The van der Waals surface area contributed by atoms with Gasteiger partial charge < -0.3 is 15.7 Å². The Bertz CT molecular complexity index is 1680. The molecule has 1 atom stereocenters. The van der Waals surface area contributed by atoms with Crippen LogP contribution in [0.3, 0.4) is 0 Å². The number of hydrogen-bond donors (Lipinski definition) is 3. The fourth-order valence-corrected chi connectivity index (χ4v) is 6.65. The first kappa shape index (κ1) is 32.1. The molecule has 7 nitrogen and oxygen atoms in total. The molecule has 0 saturated heterocycles. The summed E-state index contributed by atoms with van der Waals surface area (Å²) in [5, 5.41) is 13.9. The molecule has 0 radical (unpaired) electrons. The molecule has 3 aromatic carbocycles. The van der Waals surface area contributed by atoms with E-state index in [1.807, 2.05) is 24.3 Å². The molecule has 3 N–H and O–H groups in total. The summed E-state index contributed by atoms with van der Waals surface area (Å²) in [6.07, 6.45) is 0.998. The Hall–Kier alpha value is -4.32. The molecule has 1 aromatic heterocycles. The van der Waals surface area contributed by atoms with Crippen molar-refractivity contribution < 1.29 is 37.1 Å². The highest BCUT2D eigenvalue weighted by atomic mass is 32.1. The quantitative estimate of drug-likeness (QED) is 0.154. The van der Waals surface area contributed by atoms with E-state index in [0.29, 0.717) is 34.4 Å². The zero-order valence-electron chi connectivity index (χ0n) is 24.1. The molecule has 1 heterocycles. The van der Waals surface area contributed by atoms with Gasteiger partial charge in [-0.05, 0) is 60.1 Å². The second kappa shape index (κ2) is 13.8. The van der Waals surface area contributed by atoms with Crippen LogP contribution in [0.2, 0.25) is 0 Å². The van der Waals surface area contributed by atoms with E-state index >= 15 is 0 Å². The molecular weight excluding hydrogens is 610 g/mol. The molecule has 45 heavy (non-hydrogen) atoms. The van der Waals surface area contributed by atoms with E-state index in [1.54, 1.807) is 24.3 Å². The maximum atomic E-state index is 14.0. The minimum absolute atomic E-state index is 0.0160. The first-order chi connectivity index (χ1) is 21.5. The Labute approximate surface area is 260 Å². The van der Waals surface area contributed by atoms with Gasteiger partial charge in [-0.15, -0.1) is 0 Å². The lowest BCUT2D eigenvalue weighted by Gasteiger charge is -2.23. The van der Waals surface area contributed by atoms with Crippen LogP contribution in [-0.2, 0) is 22.2 Å². The van der Waals surface area contributed by atoms with E-state index in [2.05, 4.69) is 15.6 Å². The SMILES string of the molecule is O=C(O)CCNC(=O)c1ccc(CC(C(=O)Nc2nc3cc(F)cc(C(F)(F)F)c3s2)c2ccc(C3CCCCC3)cc2)cc1. The van der Waals surface area contributed by atoms with Crippen molar-refractivity contribution in [2.24, 2.45) is 0 Å². The van der Waals surface area contributed by atoms with Crippen LogP contribution in [0.5, 0.6) is 0 Å². The van der Waals surface area contributed by atoms with Crippen molar-refractivity contribution in [1.29, 1.82) is 0 Å². The van der Waals surface area contributed by atoms with Gasteiger partial charge in [0, 0.05) is 18.2 Å². The molecule has 2 amide bonds. The fourth-order valence-electron chi connectivity index (χ4n) is 5.67. The summed E-state index contributed by atoms with van der Waals surface area (Å²) in [6.45, 7) is -0.0160. The number of nitrogens with zero attached hydrogens (tertiary/aromatic N) is 1. The number of aromatic nitrogens is 1. The Morgan fingerprint density at radius 3 is 2.31 bits per heavy atom. The summed E-state index contributed by atoms with van der Waals surface area (Å²) < 4.78 is 54.4. The number of alkyl halides is 3. The van der Waals surface area contributed by atoms with Crippen LogP contribution >= 0.6 is 11.3 Å². The van der Waals surface area contributed by atoms with Gasteiger partial charge in [-0.25, -0.2) is 9.37 Å². The lowest BCUT2D eigenvalue weighted by atomic mass is 9.83. The van der Waals surface area contributed by atoms with Crippen molar-refractivity contribution in [2.45, 2.75) is 63.0 Å². The molecule has 1 aliphatic rings. The van der Waals surface area contributed by atoms with Gasteiger partial charge in [-0.1, -0.05) is 67.0 Å². The molecule has 1 unspecified atom stereocenters. The highest BCUT2D eigenvalue weighted by molar-refractivity contribution is 7.22. The minimum atomic E-state index is -4.80. The molecular formula is C33H31F4N3O4S. The zero-order valence-corrected chi connectivity index (χ0v) is 24.9. The highest BCUT2D eigenvalue weighted by Gasteiger charge is 2.35. The van der Waals surface area contributed by atoms with Gasteiger partial charge in [0.2, 0.25) is 5.91 Å². The molecule has 5 rings (SSSR count). The maximum Gasteiger partial charge on any atom is 0.417 e. The smallest absolute Gasteiger partial charge is 0.417 e. The monoisotopic (exact) mass is 641 g/mol. The zero-order chi connectivity index (χ0) is 32.1. The number of amides is 2. The Balaban J connectivity index is 1.39. The summed E-state index contributed by atoms with van der Waals surface area (Å²) in [6, 6.07) is 15.7. The van der Waals surface area contributed by atoms with Gasteiger partial charge in [-0.3, -0.25) is 14.4 Å². The third-order valence-corrected chi connectivity index (χ3v) is 9.02. The van der Waals surface area contributed by atoms with Crippen LogP contribution in [0, 0.1) is 5.82 Å². The molecule has 1 fully saturated rings. The normalized spacial score (nSPS) is 14.7. The van der Waals surface area contributed by atoms with Crippen molar-refractivity contribution in [3.05, 3.63) is 94.3 Å². The molecule has 4 aromatic rings. The number of fused-ring (bicyclic) bond motifs is 1. The largest absolute Gasteiger partial charge is 0.481 e. The van der Waals surface area contributed by atoms with E-state index in [4.69, 9.17) is 5.11 Å². The number of carboxylic acid groups (broad SMARTS) is 1. The third-order valence-electron chi connectivity index (χ3n) is 8.00. The molecule has 0 spiro atoms. The summed E-state index contributed by atoms with van der Waals surface area (Å²) in [4.78, 5) is 40.9. The Morgan fingerprint density at radius 1 is 0.978 bits per heavy atom. The number of carbonyl (C=O) groups is 3. The predicted octanol–water partition coefficient (Wildman–Crippen LogP) is 7.67. The van der Waals surface area contributed by atoms with Crippen LogP contribution in [-0.4, -0.2) is 34.4 Å². The van der Waals surface area contributed by atoms with Crippen LogP contribution < -0.4 is 10.6 Å². The van der Waals surface area contributed by atoms with Gasteiger partial charge in [-0.2, -0.15) is 13.2 Å². The Morgan fingerprint density at radius 2 is 1.67 bits per heavy atom. The number of benzene rings is 3. The van der Waals surface area contributed by atoms with Crippen molar-refractivity contribution >= 4 is 44.5 Å². The van der Waals surface area contributed by atoms with E-state index in [0.717, 1.165) is 24.5 Å². The van der Waals surface area contributed by atoms with Crippen molar-refractivity contribution in [1.82, 2.24) is 10.3 Å². The number of hydrogen-bond acceptors (Lipinski definition) is 5. The van der Waals surface area contributed by atoms with Crippen LogP contribution in [0.1, 0.15) is 83.0 Å². The standard InChI is InChI=1S/C33H31F4N3O4S/c34-24-17-26(33(35,36)37)29-27(18-24)39-32(45-29)40-31(44)25(22-12-10-21(11-13-22)20-4-2-1-3-5-20)16-19-6-8-23(9-7-19)30(43)38-15-14-28(41)42/h6-13,17-18,20,25H,1-5,14-16H2,(H,38,43)(H,41,42)(H,39,40,44). The fraction of sp³-hybridized carbons (Fsp3) is 0.333. The number of halogens is 4. The van der Waals surface area contributed by atoms with Gasteiger partial charge in [0.25, 0.3) is 5.91 Å². The first-order valence-corrected chi connectivity index (χ1v) is 15.5. The molecule has 0 bridgehead atoms. The topological polar surface area (TPSA) is 108 Å². The van der Waals surface area contributed by atoms with Crippen LogP contribution in [0.25, 0.3) is 10.2 Å². The second-order valence-electron chi connectivity index (χ2n) is 11.2. The van der Waals surface area contributed by atoms with Crippen LogP contribution in [0.4, 0.5) is 22.7 Å². The average Bonchev–Trinajstić information content (AvgIpc) is 3.41. The Kier molecular flexibility index (Phi) is 9.81. The maximum absolute atomic E-state index is 14.0. The molecule has 1 aliphatic carbocycles. The van der Waals surface area contributed by atoms with Crippen molar-refractivity contribution in [3.63, 3.8) is 0 Å². The number of thiazole rings is 1. The molecule has 236 valence electrons. The minimum Gasteiger partial charge on any atom is -0.481 e. The first-order valence-electron chi connectivity index (χ1n) is 14.6. The third kappa shape index (κ3) is 8.05. The second-order valence-corrected chi connectivity index (χ2v) is 12.2. The molecule has 12 heteroatoms. The number of rotatable bonds is 10. The predicted molar refractivity (Wildman–Crippen MR) is 163 cm³/mol. The van der Waals surface area contributed by atoms with Gasteiger partial charge in [0.05, 0.1) is 28.1 Å². The van der Waals surface area contributed by atoms with E-state index in [1.165, 1.54) is 24.8 Å². The summed E-state index contributed by atoms with van der Waals surface area (Å²) in [5.74, 6) is -3.33. The molecule has 0 aliphatic heterocycles. The van der Waals surface area contributed by atoms with Gasteiger partial charge in [0.15, 0.2) is 5.13 Å². The lowest BCUT2D eigenvalue weighted by Crippen LogP contribution is -2.26. The van der Waals surface area contributed by atoms with Gasteiger partial charge >= 0.3 is 12.1 Å². The number of nitrogens with one attached hydrogen (secondary N) is 2. The van der Waals surface area contributed by atoms with E-state index in [9.17, 15) is 31.9 Å². The van der Waals surface area contributed by atoms with Crippen LogP contribution in [0.15, 0.2) is 60.7 Å². The number of carboxylic acids is 1. The van der Waals surface area contributed by atoms with E-state index in [-0.39, 0.29) is 34.7 Å².